The van der Waals surface area contributed by atoms with E-state index in [0.29, 0.717) is 31.8 Å². The summed E-state index contributed by atoms with van der Waals surface area (Å²) in [5.74, 6) is 0.545. The first-order chi connectivity index (χ1) is 12.3. The van der Waals surface area contributed by atoms with Gasteiger partial charge in [0.2, 0.25) is 10.0 Å². The average molecular weight is 395 g/mol. The minimum absolute atomic E-state index is 0.196. The van der Waals surface area contributed by atoms with E-state index in [4.69, 9.17) is 0 Å². The lowest BCUT2D eigenvalue weighted by molar-refractivity contribution is -0.119. The molecule has 0 radical (unpaired) electrons. The molecule has 1 heterocycles. The van der Waals surface area contributed by atoms with Crippen LogP contribution in [0, 0.1) is 5.92 Å². The van der Waals surface area contributed by atoms with Gasteiger partial charge in [-0.2, -0.15) is 4.31 Å². The maximum Gasteiger partial charge on any atom is 0.243 e. The summed E-state index contributed by atoms with van der Waals surface area (Å²) in [4.78, 5) is 16.7. The highest BCUT2D eigenvalue weighted by Crippen LogP contribution is 2.25. The largest absolute Gasteiger partial charge is 0.299 e. The van der Waals surface area contributed by atoms with Crippen molar-refractivity contribution in [1.29, 1.82) is 0 Å². The Kier molecular flexibility index (Phi) is 7.08. The van der Waals surface area contributed by atoms with E-state index in [1.165, 1.54) is 15.6 Å². The van der Waals surface area contributed by atoms with Gasteiger partial charge in [0.15, 0.2) is 0 Å². The molecule has 0 aliphatic carbocycles. The summed E-state index contributed by atoms with van der Waals surface area (Å²) in [6, 6.07) is 6.77. The van der Waals surface area contributed by atoms with E-state index in [0.717, 1.165) is 16.3 Å². The number of Topliss-reactive ketones (excluding diaryl/α,β-unsaturated/α-hetero) is 1. The summed E-state index contributed by atoms with van der Waals surface area (Å²) in [5.41, 5.74) is 1.62. The van der Waals surface area contributed by atoms with E-state index in [2.05, 4.69) is 4.98 Å². The van der Waals surface area contributed by atoms with E-state index >= 15 is 0 Å². The molecule has 0 unspecified atom stereocenters. The second-order valence-corrected chi connectivity index (χ2v) is 9.43. The zero-order valence-corrected chi connectivity index (χ0v) is 17.4. The Labute approximate surface area is 160 Å². The zero-order chi connectivity index (χ0) is 19.3. The summed E-state index contributed by atoms with van der Waals surface area (Å²) in [6.45, 7) is 8.60. The molecule has 0 aliphatic rings. The van der Waals surface area contributed by atoms with E-state index in [1.807, 2.05) is 33.1 Å². The normalized spacial score (nSPS) is 12.1. The Bertz CT molecular complexity index is 836. The monoisotopic (exact) mass is 394 g/mol. The standard InChI is InChI=1S/C19H26N2O3S2/c1-5-21(6-2)26(23,24)17-9-7-15(8-10-17)18-13-25-19(20-18)12-16(22)11-14(3)4/h7-10,13-14H,5-6,11-12H2,1-4H3. The topological polar surface area (TPSA) is 67.3 Å². The molecule has 5 nitrogen and oxygen atoms in total. The molecule has 0 fully saturated rings. The van der Waals surface area contributed by atoms with Crippen LogP contribution < -0.4 is 0 Å². The van der Waals surface area contributed by atoms with Crippen molar-refractivity contribution in [2.75, 3.05) is 13.1 Å². The summed E-state index contributed by atoms with van der Waals surface area (Å²) in [5, 5.41) is 2.71. The molecule has 0 atom stereocenters. The number of hydrogen-bond acceptors (Lipinski definition) is 5. The molecule has 0 bridgehead atoms. The van der Waals surface area contributed by atoms with Gasteiger partial charge in [0.1, 0.15) is 10.8 Å². The lowest BCUT2D eigenvalue weighted by Crippen LogP contribution is -2.30. The highest BCUT2D eigenvalue weighted by atomic mass is 32.2. The molecule has 1 aromatic heterocycles. The van der Waals surface area contributed by atoms with Gasteiger partial charge in [-0.1, -0.05) is 39.8 Å². The number of carbonyl (C=O) groups is 1. The molecule has 2 aromatic rings. The van der Waals surface area contributed by atoms with Gasteiger partial charge in [-0.3, -0.25) is 4.79 Å². The summed E-state index contributed by atoms with van der Waals surface area (Å²) in [6.07, 6.45) is 0.921. The highest BCUT2D eigenvalue weighted by Gasteiger charge is 2.21. The number of benzene rings is 1. The van der Waals surface area contributed by atoms with Crippen molar-refractivity contribution < 1.29 is 13.2 Å². The third kappa shape index (κ3) is 4.99. The Hall–Kier alpha value is -1.57. The van der Waals surface area contributed by atoms with E-state index in [1.54, 1.807) is 24.3 Å². The van der Waals surface area contributed by atoms with Crippen LogP contribution in [-0.4, -0.2) is 36.6 Å². The summed E-state index contributed by atoms with van der Waals surface area (Å²) in [7, 11) is -3.45. The van der Waals surface area contributed by atoms with Crippen LogP contribution in [0.2, 0.25) is 0 Å². The van der Waals surface area contributed by atoms with Crippen molar-refractivity contribution in [3.05, 3.63) is 34.7 Å². The van der Waals surface area contributed by atoms with Crippen LogP contribution in [0.4, 0.5) is 0 Å². The van der Waals surface area contributed by atoms with Gasteiger partial charge in [-0.05, 0) is 18.1 Å². The fraction of sp³-hybridized carbons (Fsp3) is 0.474. The van der Waals surface area contributed by atoms with Crippen molar-refractivity contribution in [2.45, 2.75) is 45.4 Å². The molecule has 1 aromatic carbocycles. The first kappa shape index (κ1) is 20.7. The van der Waals surface area contributed by atoms with Gasteiger partial charge in [-0.25, -0.2) is 13.4 Å². The highest BCUT2D eigenvalue weighted by molar-refractivity contribution is 7.89. The minimum Gasteiger partial charge on any atom is -0.299 e. The molecule has 26 heavy (non-hydrogen) atoms. The number of thiazole rings is 1. The van der Waals surface area contributed by atoms with Gasteiger partial charge >= 0.3 is 0 Å². The van der Waals surface area contributed by atoms with Gasteiger partial charge in [-0.15, -0.1) is 11.3 Å². The molecule has 0 saturated heterocycles. The maximum atomic E-state index is 12.5. The van der Waals surface area contributed by atoms with E-state index in [9.17, 15) is 13.2 Å². The predicted molar refractivity (Wildman–Crippen MR) is 106 cm³/mol. The first-order valence-electron chi connectivity index (χ1n) is 8.84. The van der Waals surface area contributed by atoms with Crippen molar-refractivity contribution in [3.8, 4) is 11.3 Å². The Morgan fingerprint density at radius 2 is 1.77 bits per heavy atom. The predicted octanol–water partition coefficient (Wildman–Crippen LogP) is 4.00. The van der Waals surface area contributed by atoms with Gasteiger partial charge in [0.05, 0.1) is 17.0 Å². The summed E-state index contributed by atoms with van der Waals surface area (Å²) < 4.78 is 26.5. The number of nitrogens with zero attached hydrogens (tertiary/aromatic N) is 2. The Morgan fingerprint density at radius 3 is 2.31 bits per heavy atom. The minimum atomic E-state index is -3.45. The number of ketones is 1. The second-order valence-electron chi connectivity index (χ2n) is 6.55. The van der Waals surface area contributed by atoms with Gasteiger partial charge in [0.25, 0.3) is 0 Å². The average Bonchev–Trinajstić information content (AvgIpc) is 3.03. The molecule has 0 aliphatic heterocycles. The quantitative estimate of drug-likeness (QED) is 0.645. The fourth-order valence-corrected chi connectivity index (χ4v) is 5.02. The van der Waals surface area contributed by atoms with E-state index < -0.39 is 10.0 Å². The molecule has 142 valence electrons. The lowest BCUT2D eigenvalue weighted by atomic mass is 10.1. The maximum absolute atomic E-state index is 12.5. The number of rotatable bonds is 9. The van der Waals surface area contributed by atoms with Crippen LogP contribution in [0.1, 0.15) is 39.1 Å². The molecule has 2 rings (SSSR count). The van der Waals surface area contributed by atoms with Crippen molar-refractivity contribution in [2.24, 2.45) is 5.92 Å². The van der Waals surface area contributed by atoms with Crippen LogP contribution >= 0.6 is 11.3 Å². The van der Waals surface area contributed by atoms with Crippen LogP contribution in [0.15, 0.2) is 34.5 Å². The van der Waals surface area contributed by atoms with Crippen molar-refractivity contribution >= 4 is 27.1 Å². The van der Waals surface area contributed by atoms with Gasteiger partial charge < -0.3 is 0 Å². The smallest absolute Gasteiger partial charge is 0.243 e. The molecule has 0 spiro atoms. The Morgan fingerprint density at radius 1 is 1.15 bits per heavy atom. The molecule has 7 heteroatoms. The number of carbonyl (C=O) groups excluding carboxylic acids is 1. The zero-order valence-electron chi connectivity index (χ0n) is 15.7. The number of hydrogen-bond donors (Lipinski definition) is 0. The molecule has 0 amide bonds. The third-order valence-corrected chi connectivity index (χ3v) is 6.94. The molecule has 0 saturated carbocycles. The molecule has 0 N–H and O–H groups in total. The van der Waals surface area contributed by atoms with E-state index in [-0.39, 0.29) is 10.7 Å². The van der Waals surface area contributed by atoms with Crippen LogP contribution in [0.25, 0.3) is 11.3 Å². The van der Waals surface area contributed by atoms with Crippen LogP contribution in [0.3, 0.4) is 0 Å². The third-order valence-electron chi connectivity index (χ3n) is 4.03. The van der Waals surface area contributed by atoms with Crippen molar-refractivity contribution in [3.63, 3.8) is 0 Å². The number of aromatic nitrogens is 1. The van der Waals surface area contributed by atoms with Gasteiger partial charge in [0, 0.05) is 30.5 Å². The second kappa shape index (κ2) is 8.88. The SMILES string of the molecule is CCN(CC)S(=O)(=O)c1ccc(-c2csc(CC(=O)CC(C)C)n2)cc1. The fourth-order valence-electron chi connectivity index (χ4n) is 2.73. The van der Waals surface area contributed by atoms with Crippen molar-refractivity contribution in [1.82, 2.24) is 9.29 Å². The summed E-state index contributed by atoms with van der Waals surface area (Å²) >= 11 is 1.46. The van der Waals surface area contributed by atoms with Crippen LogP contribution in [0.5, 0.6) is 0 Å². The Balaban J connectivity index is 2.15. The van der Waals surface area contributed by atoms with Crippen LogP contribution in [-0.2, 0) is 21.2 Å². The molecular formula is C19H26N2O3S2. The first-order valence-corrected chi connectivity index (χ1v) is 11.2. The number of sulfonamides is 1. The lowest BCUT2D eigenvalue weighted by Gasteiger charge is -2.18. The molecular weight excluding hydrogens is 368 g/mol.